The van der Waals surface area contributed by atoms with Crippen LogP contribution < -0.4 is 4.90 Å². The van der Waals surface area contributed by atoms with E-state index in [1.807, 2.05) is 0 Å². The zero-order valence-corrected chi connectivity index (χ0v) is 13.6. The normalized spacial score (nSPS) is 20.1. The van der Waals surface area contributed by atoms with Gasteiger partial charge in [-0.25, -0.2) is 13.4 Å². The van der Waals surface area contributed by atoms with Crippen molar-refractivity contribution in [2.75, 3.05) is 11.4 Å². The number of anilines is 1. The summed E-state index contributed by atoms with van der Waals surface area (Å²) in [5.74, 6) is -0.334. The standard InChI is InChI=1S/C10H9BrCl2N2O3S/c1-5-7(11)3-14-10(12)9(5)15-4-6(2-8(15)16)19(13,17)18/h3,6H,2,4H2,1H3. The van der Waals surface area contributed by atoms with Crippen LogP contribution in [0.4, 0.5) is 5.69 Å². The number of carbonyl (C=O) groups excluding carboxylic acids is 1. The smallest absolute Gasteiger partial charge is 0.237 e. The molecule has 2 rings (SSSR count). The first-order valence-corrected chi connectivity index (χ1v) is 8.80. The van der Waals surface area contributed by atoms with Crippen molar-refractivity contribution in [2.45, 2.75) is 18.6 Å². The molecule has 1 unspecified atom stereocenters. The first-order valence-electron chi connectivity index (χ1n) is 5.26. The van der Waals surface area contributed by atoms with Gasteiger partial charge in [-0.3, -0.25) is 4.79 Å². The molecule has 1 amide bonds. The van der Waals surface area contributed by atoms with Gasteiger partial charge >= 0.3 is 0 Å². The zero-order valence-electron chi connectivity index (χ0n) is 9.73. The molecule has 1 saturated heterocycles. The van der Waals surface area contributed by atoms with Gasteiger partial charge in [-0.2, -0.15) is 0 Å². The summed E-state index contributed by atoms with van der Waals surface area (Å²) in [7, 11) is 1.53. The maximum absolute atomic E-state index is 11.9. The lowest BCUT2D eigenvalue weighted by atomic mass is 10.2. The van der Waals surface area contributed by atoms with E-state index >= 15 is 0 Å². The molecule has 1 aliphatic rings. The van der Waals surface area contributed by atoms with Gasteiger partial charge in [-0.15, -0.1) is 0 Å². The molecule has 0 aliphatic carbocycles. The fraction of sp³-hybridized carbons (Fsp3) is 0.400. The van der Waals surface area contributed by atoms with Crippen LogP contribution in [0.3, 0.4) is 0 Å². The van der Waals surface area contributed by atoms with Crippen LogP contribution >= 0.6 is 38.2 Å². The second-order valence-electron chi connectivity index (χ2n) is 4.18. The number of rotatable bonds is 2. The zero-order chi connectivity index (χ0) is 14.4. The molecule has 1 aromatic rings. The number of amides is 1. The molecule has 1 aromatic heterocycles. The van der Waals surface area contributed by atoms with Gasteiger partial charge in [0, 0.05) is 34.3 Å². The highest BCUT2D eigenvalue weighted by atomic mass is 79.9. The average molecular weight is 388 g/mol. The van der Waals surface area contributed by atoms with Crippen LogP contribution in [0.5, 0.6) is 0 Å². The quantitative estimate of drug-likeness (QED) is 0.577. The van der Waals surface area contributed by atoms with Crippen LogP contribution in [-0.4, -0.2) is 31.1 Å². The van der Waals surface area contributed by atoms with Gasteiger partial charge in [0.25, 0.3) is 0 Å². The van der Waals surface area contributed by atoms with Crippen LogP contribution in [0, 0.1) is 6.92 Å². The molecule has 0 radical (unpaired) electrons. The van der Waals surface area contributed by atoms with Crippen molar-refractivity contribution < 1.29 is 13.2 Å². The SMILES string of the molecule is Cc1c(Br)cnc(Cl)c1N1CC(S(=O)(=O)Cl)CC1=O. The first kappa shape index (κ1) is 15.0. The maximum Gasteiger partial charge on any atom is 0.237 e. The number of pyridine rings is 1. The molecule has 19 heavy (non-hydrogen) atoms. The molecule has 1 fully saturated rings. The van der Waals surface area contributed by atoms with Gasteiger partial charge < -0.3 is 4.90 Å². The summed E-state index contributed by atoms with van der Waals surface area (Å²) in [4.78, 5) is 17.2. The van der Waals surface area contributed by atoms with Crippen molar-refractivity contribution in [2.24, 2.45) is 0 Å². The number of hydrogen-bond donors (Lipinski definition) is 0. The molecule has 5 nitrogen and oxygen atoms in total. The number of nitrogens with zero attached hydrogens (tertiary/aromatic N) is 2. The van der Waals surface area contributed by atoms with Crippen LogP contribution in [0.2, 0.25) is 5.15 Å². The lowest BCUT2D eigenvalue weighted by Crippen LogP contribution is -2.28. The Morgan fingerprint density at radius 2 is 2.16 bits per heavy atom. The Labute approximate surface area is 128 Å². The van der Waals surface area contributed by atoms with E-state index < -0.39 is 14.3 Å². The number of hydrogen-bond acceptors (Lipinski definition) is 4. The highest BCUT2D eigenvalue weighted by Crippen LogP contribution is 2.36. The number of aromatic nitrogens is 1. The van der Waals surface area contributed by atoms with E-state index in [9.17, 15) is 13.2 Å². The monoisotopic (exact) mass is 386 g/mol. The van der Waals surface area contributed by atoms with Gasteiger partial charge in [0.1, 0.15) is 5.25 Å². The van der Waals surface area contributed by atoms with Crippen molar-refractivity contribution in [3.63, 3.8) is 0 Å². The average Bonchev–Trinajstić information content (AvgIpc) is 2.67. The van der Waals surface area contributed by atoms with E-state index in [4.69, 9.17) is 22.3 Å². The van der Waals surface area contributed by atoms with Crippen molar-refractivity contribution in [3.8, 4) is 0 Å². The Kier molecular flexibility index (Phi) is 4.11. The van der Waals surface area contributed by atoms with Gasteiger partial charge in [0.05, 0.1) is 5.69 Å². The summed E-state index contributed by atoms with van der Waals surface area (Å²) in [6.07, 6.45) is 1.38. The minimum absolute atomic E-state index is 0.0106. The van der Waals surface area contributed by atoms with Crippen LogP contribution in [-0.2, 0) is 13.8 Å². The third-order valence-electron chi connectivity index (χ3n) is 2.96. The highest BCUT2D eigenvalue weighted by Gasteiger charge is 2.39. The molecule has 0 saturated carbocycles. The Morgan fingerprint density at radius 3 is 2.68 bits per heavy atom. The number of halogens is 3. The molecule has 104 valence electrons. The number of carbonyl (C=O) groups is 1. The fourth-order valence-electron chi connectivity index (χ4n) is 1.93. The molecular weight excluding hydrogens is 379 g/mol. The van der Waals surface area contributed by atoms with Gasteiger partial charge in [-0.1, -0.05) is 11.6 Å². The van der Waals surface area contributed by atoms with Gasteiger partial charge in [-0.05, 0) is 28.4 Å². The van der Waals surface area contributed by atoms with E-state index in [0.717, 1.165) is 5.56 Å². The van der Waals surface area contributed by atoms with E-state index in [1.54, 1.807) is 6.92 Å². The third-order valence-corrected chi connectivity index (χ3v) is 5.90. The minimum Gasteiger partial charge on any atom is -0.308 e. The largest absolute Gasteiger partial charge is 0.308 e. The second kappa shape index (κ2) is 5.20. The molecule has 0 N–H and O–H groups in total. The Balaban J connectivity index is 2.45. The summed E-state index contributed by atoms with van der Waals surface area (Å²) in [5, 5.41) is -0.766. The van der Waals surface area contributed by atoms with Crippen molar-refractivity contribution in [1.82, 2.24) is 4.98 Å². The van der Waals surface area contributed by atoms with Crippen molar-refractivity contribution in [3.05, 3.63) is 21.4 Å². The first-order chi connectivity index (χ1) is 8.71. The molecule has 2 heterocycles. The summed E-state index contributed by atoms with van der Waals surface area (Å²) in [6.45, 7) is 1.76. The van der Waals surface area contributed by atoms with Crippen LogP contribution in [0.25, 0.3) is 0 Å². The summed E-state index contributed by atoms with van der Waals surface area (Å²) < 4.78 is 23.3. The van der Waals surface area contributed by atoms with Gasteiger partial charge in [0.2, 0.25) is 15.0 Å². The molecule has 1 atom stereocenters. The molecule has 0 bridgehead atoms. The maximum atomic E-state index is 11.9. The lowest BCUT2D eigenvalue weighted by molar-refractivity contribution is -0.117. The Morgan fingerprint density at radius 1 is 1.53 bits per heavy atom. The fourth-order valence-corrected chi connectivity index (χ4v) is 3.54. The van der Waals surface area contributed by atoms with Crippen LogP contribution in [0.15, 0.2) is 10.7 Å². The Bertz CT molecular complexity index is 650. The van der Waals surface area contributed by atoms with E-state index in [-0.39, 0.29) is 24.0 Å². The van der Waals surface area contributed by atoms with E-state index in [2.05, 4.69) is 20.9 Å². The summed E-state index contributed by atoms with van der Waals surface area (Å²) in [6, 6.07) is 0. The minimum atomic E-state index is -3.78. The van der Waals surface area contributed by atoms with E-state index in [1.165, 1.54) is 11.1 Å². The van der Waals surface area contributed by atoms with Crippen molar-refractivity contribution >= 4 is 58.9 Å². The summed E-state index contributed by atoms with van der Waals surface area (Å²) in [5.41, 5.74) is 1.14. The molecule has 9 heteroatoms. The molecule has 1 aliphatic heterocycles. The van der Waals surface area contributed by atoms with Crippen molar-refractivity contribution in [1.29, 1.82) is 0 Å². The predicted molar refractivity (Wildman–Crippen MR) is 77.2 cm³/mol. The van der Waals surface area contributed by atoms with E-state index in [0.29, 0.717) is 10.2 Å². The Hall–Kier alpha value is -0.370. The van der Waals surface area contributed by atoms with Crippen LogP contribution in [0.1, 0.15) is 12.0 Å². The predicted octanol–water partition coefficient (Wildman–Crippen LogP) is 2.48. The highest BCUT2D eigenvalue weighted by molar-refractivity contribution is 9.10. The molecule has 0 aromatic carbocycles. The van der Waals surface area contributed by atoms with Gasteiger partial charge in [0.15, 0.2) is 5.15 Å². The summed E-state index contributed by atoms with van der Waals surface area (Å²) >= 11 is 9.30. The second-order valence-corrected chi connectivity index (χ2v) is 8.30. The lowest BCUT2D eigenvalue weighted by Gasteiger charge is -2.20. The molecular formula is C10H9BrCl2N2O3S. The third kappa shape index (κ3) is 2.89. The topological polar surface area (TPSA) is 67.3 Å². The molecule has 0 spiro atoms.